The van der Waals surface area contributed by atoms with Gasteiger partial charge in [0, 0.05) is 17.8 Å². The number of anilines is 2. The van der Waals surface area contributed by atoms with Gasteiger partial charge in [-0.05, 0) is 31.2 Å². The molecule has 3 N–H and O–H groups in total. The second kappa shape index (κ2) is 7.69. The number of aromatic amines is 1. The zero-order valence-electron chi connectivity index (χ0n) is 17.9. The Morgan fingerprint density at radius 3 is 2.83 bits per heavy atom. The van der Waals surface area contributed by atoms with Gasteiger partial charge >= 0.3 is 12.5 Å². The number of ether oxygens (including phenoxy) is 3. The number of amides is 1. The van der Waals surface area contributed by atoms with Crippen LogP contribution in [-0.4, -0.2) is 61.4 Å². The van der Waals surface area contributed by atoms with E-state index < -0.39 is 36.7 Å². The Hall–Kier alpha value is -3.62. The third-order valence-electron chi connectivity index (χ3n) is 6.47. The van der Waals surface area contributed by atoms with Crippen LogP contribution in [0.25, 0.3) is 5.65 Å². The summed E-state index contributed by atoms with van der Waals surface area (Å²) in [6.45, 7) is -0.117. The van der Waals surface area contributed by atoms with Crippen LogP contribution < -0.4 is 15.4 Å². The molecule has 3 aliphatic carbocycles. The number of alkyl halides is 4. The van der Waals surface area contributed by atoms with Gasteiger partial charge in [0.1, 0.15) is 11.8 Å². The second-order valence-electron chi connectivity index (χ2n) is 8.98. The highest BCUT2D eigenvalue weighted by Gasteiger charge is 2.58. The first-order chi connectivity index (χ1) is 16.7. The van der Waals surface area contributed by atoms with Crippen molar-refractivity contribution in [3.63, 3.8) is 0 Å². The highest BCUT2D eigenvalue weighted by Crippen LogP contribution is 2.57. The first-order valence-corrected chi connectivity index (χ1v) is 10.8. The summed E-state index contributed by atoms with van der Waals surface area (Å²) in [6, 6.07) is 2.86. The molecule has 0 spiro atoms. The van der Waals surface area contributed by atoms with Crippen molar-refractivity contribution < 1.29 is 36.6 Å². The molecule has 35 heavy (non-hydrogen) atoms. The van der Waals surface area contributed by atoms with E-state index in [1.165, 1.54) is 22.7 Å². The number of H-pyrrole nitrogens is 1. The highest BCUT2D eigenvalue weighted by atomic mass is 19.4. The standard InChI is InChI=1S/C20H19F4N7O4/c21-15-11(34-18(32)28-19-4-9(5-19)6-19)8-33-16(15)10-3-12(30-29-10)26-17-25-2-1-13-27-14(7-31(13)17)35-20(22,23)24/h1-3,7,9,11,15-16H,4-6,8H2,(H,28,32)(H2,25,26,29,30)/t9?,11-,15-,16-,19?/m0/s1. The fraction of sp³-hybridized carbons (Fsp3) is 0.500. The number of nitrogens with one attached hydrogen (secondary N) is 3. The molecule has 4 fully saturated rings. The van der Waals surface area contributed by atoms with Crippen LogP contribution in [0.5, 0.6) is 5.88 Å². The number of rotatable bonds is 6. The average molecular weight is 497 g/mol. The molecular weight excluding hydrogens is 478 g/mol. The number of carbonyl (C=O) groups excluding carboxylic acids is 1. The molecule has 1 amide bonds. The monoisotopic (exact) mass is 497 g/mol. The van der Waals surface area contributed by atoms with Crippen molar-refractivity contribution in [3.05, 3.63) is 30.2 Å². The largest absolute Gasteiger partial charge is 0.574 e. The number of fused-ring (bicyclic) bond motifs is 1. The summed E-state index contributed by atoms with van der Waals surface area (Å²) in [5.41, 5.74) is 0.254. The number of aromatic nitrogens is 5. The number of hydrogen-bond donors (Lipinski definition) is 3. The Morgan fingerprint density at radius 2 is 2.11 bits per heavy atom. The van der Waals surface area contributed by atoms with E-state index in [2.05, 4.69) is 35.5 Å². The zero-order valence-corrected chi connectivity index (χ0v) is 17.9. The summed E-state index contributed by atoms with van der Waals surface area (Å²) in [4.78, 5) is 20.0. The Balaban J connectivity index is 1.11. The molecule has 1 aliphatic heterocycles. The molecule has 2 bridgehead atoms. The molecule has 3 atom stereocenters. The summed E-state index contributed by atoms with van der Waals surface area (Å²) < 4.78 is 68.3. The number of carbonyl (C=O) groups is 1. The third-order valence-corrected chi connectivity index (χ3v) is 6.47. The van der Waals surface area contributed by atoms with Crippen molar-refractivity contribution in [3.8, 4) is 5.88 Å². The minimum Gasteiger partial charge on any atom is -0.441 e. The van der Waals surface area contributed by atoms with Gasteiger partial charge in [-0.25, -0.2) is 14.2 Å². The van der Waals surface area contributed by atoms with Crippen LogP contribution in [0.2, 0.25) is 0 Å². The first-order valence-electron chi connectivity index (χ1n) is 10.8. The predicted octanol–water partition coefficient (Wildman–Crippen LogP) is 3.15. The van der Waals surface area contributed by atoms with E-state index in [4.69, 9.17) is 9.47 Å². The number of imidazole rings is 1. The van der Waals surface area contributed by atoms with Gasteiger partial charge in [-0.3, -0.25) is 9.50 Å². The van der Waals surface area contributed by atoms with Crippen LogP contribution in [0.1, 0.15) is 31.1 Å². The molecule has 3 aromatic rings. The molecule has 0 radical (unpaired) electrons. The molecule has 3 aromatic heterocycles. The van der Waals surface area contributed by atoms with Gasteiger partial charge in [-0.2, -0.15) is 10.1 Å². The minimum atomic E-state index is -4.89. The summed E-state index contributed by atoms with van der Waals surface area (Å²) in [6.07, 6.45) is -4.11. The molecule has 15 heteroatoms. The molecular formula is C20H19F4N7O4. The molecule has 0 unspecified atom stereocenters. The van der Waals surface area contributed by atoms with Crippen LogP contribution in [0.3, 0.4) is 0 Å². The zero-order chi connectivity index (χ0) is 24.4. The van der Waals surface area contributed by atoms with Crippen molar-refractivity contribution in [1.82, 2.24) is 29.9 Å². The summed E-state index contributed by atoms with van der Waals surface area (Å²) >= 11 is 0. The van der Waals surface area contributed by atoms with E-state index in [1.54, 1.807) is 0 Å². The van der Waals surface area contributed by atoms with Crippen molar-refractivity contribution >= 4 is 23.5 Å². The number of alkyl carbamates (subject to hydrolysis) is 1. The van der Waals surface area contributed by atoms with Gasteiger partial charge in [0.25, 0.3) is 0 Å². The smallest absolute Gasteiger partial charge is 0.441 e. The number of halogens is 4. The van der Waals surface area contributed by atoms with Crippen molar-refractivity contribution in [2.45, 2.75) is 49.5 Å². The predicted molar refractivity (Wildman–Crippen MR) is 109 cm³/mol. The van der Waals surface area contributed by atoms with E-state index in [9.17, 15) is 22.4 Å². The van der Waals surface area contributed by atoms with E-state index in [0.29, 0.717) is 5.92 Å². The third kappa shape index (κ3) is 4.09. The molecule has 3 saturated carbocycles. The maximum Gasteiger partial charge on any atom is 0.574 e. The molecule has 0 aromatic carbocycles. The van der Waals surface area contributed by atoms with Crippen LogP contribution in [0, 0.1) is 5.92 Å². The van der Waals surface area contributed by atoms with Gasteiger partial charge in [0.2, 0.25) is 11.8 Å². The van der Waals surface area contributed by atoms with Crippen molar-refractivity contribution in [2.24, 2.45) is 5.92 Å². The van der Waals surface area contributed by atoms with Gasteiger partial charge in [0.15, 0.2) is 18.1 Å². The fourth-order valence-corrected chi connectivity index (χ4v) is 4.77. The lowest BCUT2D eigenvalue weighted by atomic mass is 9.50. The normalized spacial score (nSPS) is 29.4. The van der Waals surface area contributed by atoms with Gasteiger partial charge in [0.05, 0.1) is 18.5 Å². The Kier molecular flexibility index (Phi) is 4.81. The van der Waals surface area contributed by atoms with E-state index in [-0.39, 0.29) is 35.3 Å². The number of nitrogens with zero attached hydrogens (tertiary/aromatic N) is 4. The Labute approximate surface area is 194 Å². The lowest BCUT2D eigenvalue weighted by Crippen LogP contribution is -2.68. The molecule has 4 heterocycles. The summed E-state index contributed by atoms with van der Waals surface area (Å²) in [5, 5.41) is 12.3. The van der Waals surface area contributed by atoms with Crippen LogP contribution in [0.15, 0.2) is 24.5 Å². The van der Waals surface area contributed by atoms with Crippen molar-refractivity contribution in [1.29, 1.82) is 0 Å². The topological polar surface area (TPSA) is 128 Å². The van der Waals surface area contributed by atoms with Crippen LogP contribution in [-0.2, 0) is 9.47 Å². The lowest BCUT2D eigenvalue weighted by Gasteiger charge is -2.61. The summed E-state index contributed by atoms with van der Waals surface area (Å²) in [7, 11) is 0. The molecule has 7 rings (SSSR count). The maximum absolute atomic E-state index is 15.0. The van der Waals surface area contributed by atoms with E-state index in [0.717, 1.165) is 25.5 Å². The number of hydrogen-bond acceptors (Lipinski definition) is 8. The van der Waals surface area contributed by atoms with E-state index >= 15 is 0 Å². The Bertz CT molecular complexity index is 1260. The maximum atomic E-state index is 15.0. The fourth-order valence-electron chi connectivity index (χ4n) is 4.77. The quantitative estimate of drug-likeness (QED) is 0.444. The van der Waals surface area contributed by atoms with Gasteiger partial charge in [-0.1, -0.05) is 0 Å². The lowest BCUT2D eigenvalue weighted by molar-refractivity contribution is -0.276. The molecule has 4 aliphatic rings. The average Bonchev–Trinajstić information content (AvgIpc) is 3.42. The van der Waals surface area contributed by atoms with Crippen molar-refractivity contribution in [2.75, 3.05) is 11.9 Å². The SMILES string of the molecule is O=C(NC12CC(C1)C2)O[C@H]1CO[C@@H](c2cc(Nc3nccc4nc(OC(F)(F)F)cn34)n[nH]2)[C@H]1F. The van der Waals surface area contributed by atoms with Gasteiger partial charge in [-0.15, -0.1) is 13.2 Å². The second-order valence-corrected chi connectivity index (χ2v) is 8.98. The Morgan fingerprint density at radius 1 is 1.31 bits per heavy atom. The highest BCUT2D eigenvalue weighted by molar-refractivity contribution is 5.69. The van der Waals surface area contributed by atoms with Gasteiger partial charge < -0.3 is 24.8 Å². The molecule has 1 saturated heterocycles. The van der Waals surface area contributed by atoms with E-state index in [1.807, 2.05) is 0 Å². The minimum absolute atomic E-state index is 0.0979. The first kappa shape index (κ1) is 21.9. The van der Waals surface area contributed by atoms with Crippen LogP contribution in [0.4, 0.5) is 34.1 Å². The summed E-state index contributed by atoms with van der Waals surface area (Å²) in [5.74, 6) is 0.326. The van der Waals surface area contributed by atoms with Crippen LogP contribution >= 0.6 is 0 Å². The molecule has 186 valence electrons. The molecule has 11 nitrogen and oxygen atoms in total.